The Morgan fingerprint density at radius 1 is 1.53 bits per heavy atom. The molecule has 1 aromatic rings. The third kappa shape index (κ3) is 2.58. The third-order valence-corrected chi connectivity index (χ3v) is 3.66. The topological polar surface area (TPSA) is 65.4 Å². The van der Waals surface area contributed by atoms with Crippen LogP contribution in [-0.2, 0) is 0 Å². The molecule has 102 valence electrons. The van der Waals surface area contributed by atoms with Gasteiger partial charge >= 0.3 is 6.03 Å². The molecule has 1 fully saturated rings. The van der Waals surface area contributed by atoms with Gasteiger partial charge in [0.25, 0.3) is 0 Å². The monoisotopic (exact) mass is 325 g/mol. The lowest BCUT2D eigenvalue weighted by Crippen LogP contribution is -2.30. The second-order valence-electron chi connectivity index (χ2n) is 4.33. The van der Waals surface area contributed by atoms with Crippen LogP contribution in [0.25, 0.3) is 0 Å². The maximum Gasteiger partial charge on any atom is 0.323 e. The Bertz CT molecular complexity index is 519. The number of nitrogens with one attached hydrogen (secondary N) is 2. The van der Waals surface area contributed by atoms with Gasteiger partial charge in [-0.2, -0.15) is 0 Å². The van der Waals surface area contributed by atoms with E-state index in [1.807, 2.05) is 25.1 Å². The fraction of sp³-hybridized carbons (Fsp3) is 0.385. The SMILES string of the molecule is CCCN1C(=O)NC(=N)C1c1ccc(OC)c(Br)c1. The number of amidine groups is 1. The van der Waals surface area contributed by atoms with Gasteiger partial charge in [0.05, 0.1) is 11.6 Å². The lowest BCUT2D eigenvalue weighted by molar-refractivity contribution is 0.206. The van der Waals surface area contributed by atoms with Crippen LogP contribution < -0.4 is 10.1 Å². The van der Waals surface area contributed by atoms with E-state index in [1.165, 1.54) is 0 Å². The van der Waals surface area contributed by atoms with E-state index < -0.39 is 0 Å². The summed E-state index contributed by atoms with van der Waals surface area (Å²) in [6.45, 7) is 2.64. The van der Waals surface area contributed by atoms with Gasteiger partial charge in [-0.05, 0) is 40.0 Å². The number of amides is 2. The van der Waals surface area contributed by atoms with Crippen LogP contribution in [0.15, 0.2) is 22.7 Å². The molecule has 0 bridgehead atoms. The lowest BCUT2D eigenvalue weighted by Gasteiger charge is -2.22. The number of hydrogen-bond acceptors (Lipinski definition) is 3. The quantitative estimate of drug-likeness (QED) is 0.893. The van der Waals surface area contributed by atoms with Crippen LogP contribution in [-0.4, -0.2) is 30.4 Å². The van der Waals surface area contributed by atoms with Crippen LogP contribution in [0.2, 0.25) is 0 Å². The van der Waals surface area contributed by atoms with E-state index in [1.54, 1.807) is 12.0 Å². The minimum absolute atomic E-state index is 0.205. The van der Waals surface area contributed by atoms with Crippen molar-refractivity contribution in [3.8, 4) is 5.75 Å². The first-order chi connectivity index (χ1) is 9.08. The highest BCUT2D eigenvalue weighted by molar-refractivity contribution is 9.10. The zero-order valence-electron chi connectivity index (χ0n) is 10.9. The number of carbonyl (C=O) groups is 1. The summed E-state index contributed by atoms with van der Waals surface area (Å²) in [5.74, 6) is 0.949. The van der Waals surface area contributed by atoms with Gasteiger partial charge in [0.15, 0.2) is 0 Å². The van der Waals surface area contributed by atoms with Crippen molar-refractivity contribution in [2.24, 2.45) is 0 Å². The van der Waals surface area contributed by atoms with Gasteiger partial charge in [-0.3, -0.25) is 10.7 Å². The minimum Gasteiger partial charge on any atom is -0.496 e. The smallest absolute Gasteiger partial charge is 0.323 e. The van der Waals surface area contributed by atoms with Crippen molar-refractivity contribution in [2.45, 2.75) is 19.4 Å². The van der Waals surface area contributed by atoms with Crippen LogP contribution in [0, 0.1) is 5.41 Å². The number of urea groups is 1. The maximum atomic E-state index is 11.8. The van der Waals surface area contributed by atoms with E-state index in [9.17, 15) is 4.79 Å². The zero-order chi connectivity index (χ0) is 14.0. The Kier molecular flexibility index (Phi) is 4.09. The molecule has 0 spiro atoms. The number of halogens is 1. The number of methoxy groups -OCH3 is 1. The van der Waals surface area contributed by atoms with Crippen molar-refractivity contribution in [1.82, 2.24) is 10.2 Å². The molecule has 1 aliphatic heterocycles. The summed E-state index contributed by atoms with van der Waals surface area (Å²) in [5.41, 5.74) is 0.893. The standard InChI is InChI=1S/C13H16BrN3O2/c1-3-6-17-11(12(15)16-13(17)18)8-4-5-10(19-2)9(14)7-8/h4-5,7,11H,3,6H2,1-2H3,(H2,15,16,18). The molecular formula is C13H16BrN3O2. The van der Waals surface area contributed by atoms with Gasteiger partial charge in [-0.25, -0.2) is 4.79 Å². The third-order valence-electron chi connectivity index (χ3n) is 3.04. The number of ether oxygens (including phenoxy) is 1. The first-order valence-electron chi connectivity index (χ1n) is 6.08. The minimum atomic E-state index is -0.338. The molecule has 2 N–H and O–H groups in total. The molecule has 1 aliphatic rings. The summed E-state index contributed by atoms with van der Waals surface area (Å²) in [7, 11) is 1.60. The zero-order valence-corrected chi connectivity index (χ0v) is 12.5. The summed E-state index contributed by atoms with van der Waals surface area (Å²) in [6, 6.07) is 5.06. The maximum absolute atomic E-state index is 11.8. The van der Waals surface area contributed by atoms with Crippen molar-refractivity contribution in [3.63, 3.8) is 0 Å². The largest absolute Gasteiger partial charge is 0.496 e. The highest BCUT2D eigenvalue weighted by Gasteiger charge is 2.36. The van der Waals surface area contributed by atoms with Gasteiger partial charge in [0, 0.05) is 6.54 Å². The molecule has 1 saturated heterocycles. The van der Waals surface area contributed by atoms with E-state index in [0.29, 0.717) is 6.54 Å². The molecule has 1 heterocycles. The Morgan fingerprint density at radius 2 is 2.26 bits per heavy atom. The van der Waals surface area contributed by atoms with Gasteiger partial charge < -0.3 is 9.64 Å². The number of nitrogens with zero attached hydrogens (tertiary/aromatic N) is 1. The van der Waals surface area contributed by atoms with Crippen molar-refractivity contribution in [2.75, 3.05) is 13.7 Å². The van der Waals surface area contributed by atoms with Crippen molar-refractivity contribution >= 4 is 27.8 Å². The van der Waals surface area contributed by atoms with Crippen LogP contribution in [0.3, 0.4) is 0 Å². The number of hydrogen-bond donors (Lipinski definition) is 2. The predicted molar refractivity (Wildman–Crippen MR) is 76.7 cm³/mol. The lowest BCUT2D eigenvalue weighted by atomic mass is 10.1. The van der Waals surface area contributed by atoms with Crippen LogP contribution in [0.4, 0.5) is 4.79 Å². The molecule has 0 aromatic heterocycles. The Morgan fingerprint density at radius 3 is 2.84 bits per heavy atom. The van der Waals surface area contributed by atoms with Crippen molar-refractivity contribution < 1.29 is 9.53 Å². The Balaban J connectivity index is 2.35. The van der Waals surface area contributed by atoms with E-state index in [2.05, 4.69) is 21.2 Å². The molecule has 0 saturated carbocycles. The normalized spacial score (nSPS) is 18.7. The molecule has 1 aromatic carbocycles. The Labute approximate surface area is 120 Å². The summed E-state index contributed by atoms with van der Waals surface area (Å²) in [6.07, 6.45) is 0.856. The number of carbonyl (C=O) groups excluding carboxylic acids is 1. The fourth-order valence-electron chi connectivity index (χ4n) is 2.20. The molecule has 1 unspecified atom stereocenters. The molecule has 0 radical (unpaired) electrons. The Hall–Kier alpha value is -1.56. The van der Waals surface area contributed by atoms with Gasteiger partial charge in [0.2, 0.25) is 0 Å². The second kappa shape index (κ2) is 5.61. The van der Waals surface area contributed by atoms with Gasteiger partial charge in [-0.1, -0.05) is 13.0 Å². The summed E-state index contributed by atoms with van der Waals surface area (Å²) in [5, 5.41) is 10.5. The number of rotatable bonds is 4. The molecule has 0 aliphatic carbocycles. The fourth-order valence-corrected chi connectivity index (χ4v) is 2.76. The predicted octanol–water partition coefficient (Wildman–Crippen LogP) is 2.91. The van der Waals surface area contributed by atoms with Crippen LogP contribution in [0.1, 0.15) is 24.9 Å². The summed E-state index contributed by atoms with van der Waals surface area (Å²) in [4.78, 5) is 13.5. The highest BCUT2D eigenvalue weighted by Crippen LogP contribution is 2.32. The molecule has 2 amide bonds. The molecule has 19 heavy (non-hydrogen) atoms. The summed E-state index contributed by atoms with van der Waals surface area (Å²) >= 11 is 3.43. The van der Waals surface area contributed by atoms with Gasteiger partial charge in [0.1, 0.15) is 17.6 Å². The van der Waals surface area contributed by atoms with Crippen molar-refractivity contribution in [3.05, 3.63) is 28.2 Å². The highest BCUT2D eigenvalue weighted by atomic mass is 79.9. The average Bonchev–Trinajstić information content (AvgIpc) is 2.65. The first-order valence-corrected chi connectivity index (χ1v) is 6.87. The molecule has 1 atom stereocenters. The van der Waals surface area contributed by atoms with E-state index in [4.69, 9.17) is 10.1 Å². The summed E-state index contributed by atoms with van der Waals surface area (Å²) < 4.78 is 6.00. The first kappa shape index (κ1) is 13.9. The van der Waals surface area contributed by atoms with Crippen LogP contribution >= 0.6 is 15.9 Å². The number of benzene rings is 1. The van der Waals surface area contributed by atoms with Crippen LogP contribution in [0.5, 0.6) is 5.75 Å². The van der Waals surface area contributed by atoms with E-state index >= 15 is 0 Å². The molecule has 2 rings (SSSR count). The second-order valence-corrected chi connectivity index (χ2v) is 5.19. The van der Waals surface area contributed by atoms with E-state index in [0.717, 1.165) is 22.2 Å². The van der Waals surface area contributed by atoms with Gasteiger partial charge in [-0.15, -0.1) is 0 Å². The van der Waals surface area contributed by atoms with Crippen molar-refractivity contribution in [1.29, 1.82) is 5.41 Å². The molecular weight excluding hydrogens is 310 g/mol. The molecule has 5 nitrogen and oxygen atoms in total. The van der Waals surface area contributed by atoms with E-state index in [-0.39, 0.29) is 17.9 Å². The molecule has 6 heteroatoms. The average molecular weight is 326 g/mol.